The third kappa shape index (κ3) is 4.68. The molecule has 0 bridgehead atoms. The van der Waals surface area contributed by atoms with E-state index in [1.54, 1.807) is 0 Å². The molecule has 0 saturated heterocycles. The van der Waals surface area contributed by atoms with Crippen LogP contribution in [0.25, 0.3) is 22.5 Å². The van der Waals surface area contributed by atoms with E-state index in [4.69, 9.17) is 15.2 Å². The van der Waals surface area contributed by atoms with Crippen LogP contribution < -0.4 is 0 Å². The maximum absolute atomic E-state index is 4.93. The second-order valence-electron chi connectivity index (χ2n) is 8.85. The molecule has 5 heteroatoms. The van der Waals surface area contributed by atoms with Gasteiger partial charge in [0.05, 0.1) is 34.2 Å². The predicted octanol–water partition coefficient (Wildman–Crippen LogP) is 7.18. The van der Waals surface area contributed by atoms with Crippen molar-refractivity contribution in [1.29, 1.82) is 0 Å². The zero-order chi connectivity index (χ0) is 25.1. The zero-order valence-electron chi connectivity index (χ0n) is 21.1. The molecule has 0 aliphatic rings. The van der Waals surface area contributed by atoms with Crippen molar-refractivity contribution in [3.63, 3.8) is 0 Å². The minimum Gasteiger partial charge on any atom is -0.245 e. The predicted molar refractivity (Wildman–Crippen MR) is 149 cm³/mol. The summed E-state index contributed by atoms with van der Waals surface area (Å²) in [7, 11) is 0. The van der Waals surface area contributed by atoms with Crippen LogP contribution in [0.5, 0.6) is 0 Å². The fourth-order valence-electron chi connectivity index (χ4n) is 4.22. The molecule has 5 aromatic rings. The normalized spacial score (nSPS) is 12.2. The number of rotatable bonds is 6. The van der Waals surface area contributed by atoms with Crippen LogP contribution in [-0.2, 0) is 0 Å². The van der Waals surface area contributed by atoms with E-state index in [2.05, 4.69) is 62.4 Å². The van der Waals surface area contributed by atoms with Crippen molar-refractivity contribution in [3.8, 4) is 22.5 Å². The van der Waals surface area contributed by atoms with Crippen LogP contribution in [0.1, 0.15) is 36.6 Å². The number of hydrogen-bond acceptors (Lipinski definition) is 3. The van der Waals surface area contributed by atoms with Crippen LogP contribution in [-0.4, -0.2) is 25.8 Å². The Morgan fingerprint density at radius 1 is 0.528 bits per heavy atom. The Morgan fingerprint density at radius 3 is 1.36 bits per heavy atom. The van der Waals surface area contributed by atoms with Gasteiger partial charge in [0.1, 0.15) is 0 Å². The van der Waals surface area contributed by atoms with Gasteiger partial charge in [-0.05, 0) is 64.1 Å². The molecule has 5 nitrogen and oxygen atoms in total. The maximum Gasteiger partial charge on any atom is 0.0867 e. The molecule has 178 valence electrons. The Labute approximate surface area is 212 Å². The van der Waals surface area contributed by atoms with Gasteiger partial charge in [-0.15, -0.1) is 0 Å². The molecule has 0 N–H and O–H groups in total. The Kier molecular flexibility index (Phi) is 6.46. The molecule has 2 aromatic carbocycles. The molecule has 0 unspecified atom stereocenters. The second-order valence-corrected chi connectivity index (χ2v) is 8.85. The molecule has 0 radical (unpaired) electrons. The van der Waals surface area contributed by atoms with Crippen molar-refractivity contribution in [2.75, 3.05) is 0 Å². The van der Waals surface area contributed by atoms with Gasteiger partial charge in [0.15, 0.2) is 0 Å². The van der Waals surface area contributed by atoms with E-state index < -0.39 is 0 Å². The lowest BCUT2D eigenvalue weighted by Crippen LogP contribution is -2.09. The minimum atomic E-state index is 0.821. The highest BCUT2D eigenvalue weighted by Gasteiger charge is 2.11. The quantitative estimate of drug-likeness (QED) is 0.242. The molecule has 0 amide bonds. The van der Waals surface area contributed by atoms with E-state index in [9.17, 15) is 0 Å². The largest absolute Gasteiger partial charge is 0.245 e. The Morgan fingerprint density at radius 2 is 0.944 bits per heavy atom. The standard InChI is InChI=1S/C31H29N5/c1-22-18-20-30(26-12-7-5-8-13-26)35(22)33-24(3)28-16-11-17-29(32-28)25(4)34-36-23(2)19-21-31(36)27-14-9-6-10-15-27/h5-21H,1-4H3/b33-24-,34-25-. The van der Waals surface area contributed by atoms with Gasteiger partial charge in [-0.25, -0.2) is 14.3 Å². The fourth-order valence-corrected chi connectivity index (χ4v) is 4.22. The average Bonchev–Trinajstić information content (AvgIpc) is 3.47. The average molecular weight is 472 g/mol. The highest BCUT2D eigenvalue weighted by atomic mass is 15.4. The van der Waals surface area contributed by atoms with Gasteiger partial charge in [-0.2, -0.15) is 10.2 Å². The summed E-state index contributed by atoms with van der Waals surface area (Å²) >= 11 is 0. The highest BCUT2D eigenvalue weighted by molar-refractivity contribution is 6.00. The summed E-state index contributed by atoms with van der Waals surface area (Å²) in [6, 6.07) is 35.0. The lowest BCUT2D eigenvalue weighted by atomic mass is 10.2. The van der Waals surface area contributed by atoms with Crippen molar-refractivity contribution in [3.05, 3.63) is 126 Å². The molecule has 0 spiro atoms. The number of benzene rings is 2. The van der Waals surface area contributed by atoms with E-state index in [1.807, 2.05) is 77.8 Å². The molecule has 3 aromatic heterocycles. The van der Waals surface area contributed by atoms with Gasteiger partial charge >= 0.3 is 0 Å². The van der Waals surface area contributed by atoms with E-state index in [-0.39, 0.29) is 0 Å². The molecule has 0 atom stereocenters. The van der Waals surface area contributed by atoms with E-state index in [0.29, 0.717) is 0 Å². The number of hydrogen-bond donors (Lipinski definition) is 0. The first-order chi connectivity index (χ1) is 17.5. The van der Waals surface area contributed by atoms with Crippen molar-refractivity contribution in [2.24, 2.45) is 10.2 Å². The number of pyridine rings is 1. The van der Waals surface area contributed by atoms with E-state index in [0.717, 1.165) is 56.7 Å². The van der Waals surface area contributed by atoms with Gasteiger partial charge in [0.2, 0.25) is 0 Å². The van der Waals surface area contributed by atoms with Gasteiger partial charge in [0, 0.05) is 22.5 Å². The van der Waals surface area contributed by atoms with Gasteiger partial charge in [-0.3, -0.25) is 0 Å². The minimum absolute atomic E-state index is 0.821. The zero-order valence-corrected chi connectivity index (χ0v) is 21.1. The maximum atomic E-state index is 4.93. The lowest BCUT2D eigenvalue weighted by molar-refractivity contribution is 0.851. The second kappa shape index (κ2) is 10.0. The summed E-state index contributed by atoms with van der Waals surface area (Å²) in [6.45, 7) is 8.12. The first-order valence-electron chi connectivity index (χ1n) is 12.1. The number of aromatic nitrogens is 3. The first-order valence-corrected chi connectivity index (χ1v) is 12.1. The molecule has 36 heavy (non-hydrogen) atoms. The van der Waals surface area contributed by atoms with E-state index >= 15 is 0 Å². The summed E-state index contributed by atoms with van der Waals surface area (Å²) in [5.41, 5.74) is 9.81. The smallest absolute Gasteiger partial charge is 0.0867 e. The van der Waals surface area contributed by atoms with Crippen LogP contribution in [0.3, 0.4) is 0 Å². The topological polar surface area (TPSA) is 47.5 Å². The van der Waals surface area contributed by atoms with Crippen LogP contribution in [0, 0.1) is 13.8 Å². The van der Waals surface area contributed by atoms with Crippen LogP contribution >= 0.6 is 0 Å². The Balaban J connectivity index is 1.49. The summed E-state index contributed by atoms with van der Waals surface area (Å²) in [5, 5.41) is 9.87. The number of nitrogens with zero attached hydrogens (tertiary/aromatic N) is 5. The van der Waals surface area contributed by atoms with Crippen molar-refractivity contribution < 1.29 is 0 Å². The van der Waals surface area contributed by atoms with Crippen LogP contribution in [0.15, 0.2) is 113 Å². The summed E-state index contributed by atoms with van der Waals surface area (Å²) in [6.07, 6.45) is 0. The summed E-state index contributed by atoms with van der Waals surface area (Å²) in [4.78, 5) is 4.91. The molecule has 0 saturated carbocycles. The third-order valence-electron chi connectivity index (χ3n) is 6.22. The summed E-state index contributed by atoms with van der Waals surface area (Å²) < 4.78 is 3.96. The van der Waals surface area contributed by atoms with Crippen molar-refractivity contribution >= 4 is 11.4 Å². The fraction of sp³-hybridized carbons (Fsp3) is 0.129. The molecule has 0 fully saturated rings. The highest BCUT2D eigenvalue weighted by Crippen LogP contribution is 2.24. The van der Waals surface area contributed by atoms with Crippen molar-refractivity contribution in [1.82, 2.24) is 14.3 Å². The lowest BCUT2D eigenvalue weighted by Gasteiger charge is -2.10. The SMILES string of the molecule is C/C(=N/n1c(C)ccc1-c1ccccc1)c1cccc(/C(C)=N\n2c(C)ccc2-c2ccccc2)n1. The summed E-state index contributed by atoms with van der Waals surface area (Å²) in [5.74, 6) is 0. The monoisotopic (exact) mass is 471 g/mol. The molecular formula is C31H29N5. The number of aryl methyl sites for hydroxylation is 2. The van der Waals surface area contributed by atoms with Crippen molar-refractivity contribution in [2.45, 2.75) is 27.7 Å². The van der Waals surface area contributed by atoms with Crippen LogP contribution in [0.2, 0.25) is 0 Å². The van der Waals surface area contributed by atoms with Gasteiger partial charge < -0.3 is 0 Å². The Hall–Kier alpha value is -4.51. The molecule has 3 heterocycles. The molecular weight excluding hydrogens is 442 g/mol. The molecule has 5 rings (SSSR count). The van der Waals surface area contributed by atoms with Gasteiger partial charge in [0.25, 0.3) is 0 Å². The van der Waals surface area contributed by atoms with Crippen LogP contribution in [0.4, 0.5) is 0 Å². The Bertz CT molecular complexity index is 1440. The third-order valence-corrected chi connectivity index (χ3v) is 6.22. The van der Waals surface area contributed by atoms with Gasteiger partial charge in [-0.1, -0.05) is 66.7 Å². The first kappa shape index (κ1) is 23.2. The molecule has 0 aliphatic carbocycles. The van der Waals surface area contributed by atoms with E-state index in [1.165, 1.54) is 0 Å². The molecule has 0 aliphatic heterocycles.